The Bertz CT molecular complexity index is 498. The molecule has 0 radical (unpaired) electrons. The number of hydrazine groups is 1. The Morgan fingerprint density at radius 3 is 2.55 bits per heavy atom. The van der Waals surface area contributed by atoms with Crippen molar-refractivity contribution in [3.05, 3.63) is 29.3 Å². The average Bonchev–Trinajstić information content (AvgIpc) is 2.35. The third-order valence-corrected chi connectivity index (χ3v) is 3.52. The topological polar surface area (TPSA) is 67.1 Å². The maximum Gasteiger partial charge on any atom is 0.418 e. The lowest BCUT2D eigenvalue weighted by Crippen LogP contribution is -2.32. The summed E-state index contributed by atoms with van der Waals surface area (Å²) in [4.78, 5) is 11.8. The number of nitrogens with two attached hydrogens (primary N) is 1. The maximum absolute atomic E-state index is 12.8. The molecule has 1 aromatic rings. The molecule has 1 aliphatic carbocycles. The number of carbonyl (C=O) groups is 1. The number of amides is 1. The molecule has 7 heteroatoms. The number of hydrogen-bond acceptors (Lipinski definition) is 3. The van der Waals surface area contributed by atoms with Crippen molar-refractivity contribution in [2.24, 2.45) is 11.8 Å². The fourth-order valence-corrected chi connectivity index (χ4v) is 2.08. The number of benzene rings is 1. The van der Waals surface area contributed by atoms with Gasteiger partial charge in [-0.3, -0.25) is 10.6 Å². The van der Waals surface area contributed by atoms with Crippen LogP contribution in [0.15, 0.2) is 18.2 Å². The highest BCUT2D eigenvalue weighted by Crippen LogP contribution is 2.35. The van der Waals surface area contributed by atoms with Crippen LogP contribution in [0.5, 0.6) is 0 Å². The van der Waals surface area contributed by atoms with E-state index < -0.39 is 17.6 Å². The molecule has 0 saturated heterocycles. The normalized spacial score (nSPS) is 15.6. The van der Waals surface area contributed by atoms with Crippen LogP contribution in [-0.4, -0.2) is 12.5 Å². The van der Waals surface area contributed by atoms with E-state index in [0.29, 0.717) is 12.5 Å². The smallest absolute Gasteiger partial charge is 0.352 e. The molecular formula is C13H16F3N3O. The van der Waals surface area contributed by atoms with Gasteiger partial charge in [0.1, 0.15) is 0 Å². The number of rotatable bonds is 4. The van der Waals surface area contributed by atoms with Gasteiger partial charge >= 0.3 is 6.18 Å². The predicted octanol–water partition coefficient (Wildman–Crippen LogP) is 2.52. The Hall–Kier alpha value is -1.76. The Kier molecular flexibility index (Phi) is 4.17. The Morgan fingerprint density at radius 2 is 2.05 bits per heavy atom. The molecule has 2 rings (SSSR count). The second-order valence-corrected chi connectivity index (χ2v) is 4.91. The molecule has 20 heavy (non-hydrogen) atoms. The van der Waals surface area contributed by atoms with Crippen LogP contribution in [0.3, 0.4) is 0 Å². The van der Waals surface area contributed by atoms with E-state index in [9.17, 15) is 18.0 Å². The quantitative estimate of drug-likeness (QED) is 0.589. The van der Waals surface area contributed by atoms with Crippen LogP contribution in [0.1, 0.15) is 35.2 Å². The van der Waals surface area contributed by atoms with Crippen molar-refractivity contribution in [2.75, 3.05) is 12.0 Å². The first kappa shape index (κ1) is 14.6. The van der Waals surface area contributed by atoms with Crippen LogP contribution in [0.25, 0.3) is 0 Å². The first-order valence-corrected chi connectivity index (χ1v) is 6.38. The first-order chi connectivity index (χ1) is 9.41. The van der Waals surface area contributed by atoms with Crippen LogP contribution in [-0.2, 0) is 6.18 Å². The summed E-state index contributed by atoms with van der Waals surface area (Å²) in [6, 6.07) is 3.28. The van der Waals surface area contributed by atoms with Crippen molar-refractivity contribution in [3.8, 4) is 0 Å². The lowest BCUT2D eigenvalue weighted by molar-refractivity contribution is -0.137. The summed E-state index contributed by atoms with van der Waals surface area (Å²) in [5.41, 5.74) is 0.763. The van der Waals surface area contributed by atoms with E-state index in [4.69, 9.17) is 5.84 Å². The van der Waals surface area contributed by atoms with Gasteiger partial charge in [-0.25, -0.2) is 0 Å². The summed E-state index contributed by atoms with van der Waals surface area (Å²) in [7, 11) is 0. The summed E-state index contributed by atoms with van der Waals surface area (Å²) < 4.78 is 38.5. The van der Waals surface area contributed by atoms with E-state index in [1.54, 1.807) is 0 Å². The second kappa shape index (κ2) is 5.70. The largest absolute Gasteiger partial charge is 0.418 e. The van der Waals surface area contributed by atoms with E-state index in [1.807, 2.05) is 5.43 Å². The van der Waals surface area contributed by atoms with Gasteiger partial charge in [-0.2, -0.15) is 13.2 Å². The van der Waals surface area contributed by atoms with Crippen LogP contribution in [0.2, 0.25) is 0 Å². The molecule has 1 aromatic carbocycles. The monoisotopic (exact) mass is 287 g/mol. The van der Waals surface area contributed by atoms with Gasteiger partial charge in [0, 0.05) is 12.1 Å². The number of nitrogens with one attached hydrogen (secondary N) is 2. The number of alkyl halides is 3. The molecule has 4 N–H and O–H groups in total. The molecule has 0 unspecified atom stereocenters. The standard InChI is InChI=1S/C13H16F3N3O/c14-13(15,16)10-6-9(4-5-11(10)19-17)12(20)18-7-8-2-1-3-8/h4-6,8,19H,1-3,7,17H2,(H,18,20). The average molecular weight is 287 g/mol. The molecule has 0 heterocycles. The molecule has 1 fully saturated rings. The minimum absolute atomic E-state index is 0.0179. The molecule has 110 valence electrons. The highest BCUT2D eigenvalue weighted by molar-refractivity contribution is 5.95. The van der Waals surface area contributed by atoms with Crippen molar-refractivity contribution >= 4 is 11.6 Å². The van der Waals surface area contributed by atoms with Gasteiger partial charge in [0.15, 0.2) is 0 Å². The third-order valence-electron chi connectivity index (χ3n) is 3.52. The highest BCUT2D eigenvalue weighted by atomic mass is 19.4. The zero-order valence-corrected chi connectivity index (χ0v) is 10.8. The maximum atomic E-state index is 12.8. The molecule has 0 atom stereocenters. The minimum atomic E-state index is -4.56. The van der Waals surface area contributed by atoms with Gasteiger partial charge in [0.2, 0.25) is 0 Å². The fraction of sp³-hybridized carbons (Fsp3) is 0.462. The van der Waals surface area contributed by atoms with Gasteiger partial charge in [0.05, 0.1) is 11.3 Å². The van der Waals surface area contributed by atoms with Crippen molar-refractivity contribution in [1.29, 1.82) is 0 Å². The van der Waals surface area contributed by atoms with Crippen molar-refractivity contribution in [2.45, 2.75) is 25.4 Å². The Balaban J connectivity index is 2.12. The summed E-state index contributed by atoms with van der Waals surface area (Å²) in [6.45, 7) is 0.511. The molecule has 0 bridgehead atoms. The molecule has 4 nitrogen and oxygen atoms in total. The minimum Gasteiger partial charge on any atom is -0.352 e. The lowest BCUT2D eigenvalue weighted by Gasteiger charge is -2.25. The van der Waals surface area contributed by atoms with Gasteiger partial charge in [-0.05, 0) is 37.0 Å². The summed E-state index contributed by atoms with van der Waals surface area (Å²) in [6.07, 6.45) is -1.30. The molecule has 0 spiro atoms. The van der Waals surface area contributed by atoms with Gasteiger partial charge in [0.25, 0.3) is 5.91 Å². The van der Waals surface area contributed by atoms with E-state index in [-0.39, 0.29) is 11.3 Å². The number of nitrogen functional groups attached to an aromatic ring is 1. The summed E-state index contributed by atoms with van der Waals surface area (Å²) in [5.74, 6) is 5.00. The fourth-order valence-electron chi connectivity index (χ4n) is 2.08. The van der Waals surface area contributed by atoms with Crippen LogP contribution in [0, 0.1) is 5.92 Å². The van der Waals surface area contributed by atoms with E-state index >= 15 is 0 Å². The number of hydrogen-bond donors (Lipinski definition) is 3. The third kappa shape index (κ3) is 3.22. The molecule has 1 saturated carbocycles. The van der Waals surface area contributed by atoms with Crippen LogP contribution < -0.4 is 16.6 Å². The van der Waals surface area contributed by atoms with Crippen LogP contribution >= 0.6 is 0 Å². The van der Waals surface area contributed by atoms with Gasteiger partial charge in [-0.15, -0.1) is 0 Å². The first-order valence-electron chi connectivity index (χ1n) is 6.38. The zero-order chi connectivity index (χ0) is 14.8. The molecule has 1 aliphatic rings. The van der Waals surface area contributed by atoms with E-state index in [1.165, 1.54) is 6.07 Å². The highest BCUT2D eigenvalue weighted by Gasteiger charge is 2.34. The molecule has 1 amide bonds. The van der Waals surface area contributed by atoms with Crippen molar-refractivity contribution < 1.29 is 18.0 Å². The number of carbonyl (C=O) groups excluding carboxylic acids is 1. The molecule has 0 aliphatic heterocycles. The molecular weight excluding hydrogens is 271 g/mol. The number of anilines is 1. The van der Waals surface area contributed by atoms with Crippen molar-refractivity contribution in [1.82, 2.24) is 5.32 Å². The number of halogens is 3. The Labute approximate surface area is 114 Å². The van der Waals surface area contributed by atoms with Crippen LogP contribution in [0.4, 0.5) is 18.9 Å². The lowest BCUT2D eigenvalue weighted by atomic mass is 9.85. The van der Waals surface area contributed by atoms with Gasteiger partial charge < -0.3 is 10.7 Å². The zero-order valence-electron chi connectivity index (χ0n) is 10.8. The van der Waals surface area contributed by atoms with Crippen molar-refractivity contribution in [3.63, 3.8) is 0 Å². The predicted molar refractivity (Wildman–Crippen MR) is 68.9 cm³/mol. The molecule has 0 aromatic heterocycles. The Morgan fingerprint density at radius 1 is 1.35 bits per heavy atom. The van der Waals surface area contributed by atoms with E-state index in [2.05, 4.69) is 5.32 Å². The van der Waals surface area contributed by atoms with Gasteiger partial charge in [-0.1, -0.05) is 6.42 Å². The van der Waals surface area contributed by atoms with E-state index in [0.717, 1.165) is 31.4 Å². The second-order valence-electron chi connectivity index (χ2n) is 4.91. The summed E-state index contributed by atoms with van der Waals surface area (Å²) >= 11 is 0. The summed E-state index contributed by atoms with van der Waals surface area (Å²) in [5, 5.41) is 2.66. The SMILES string of the molecule is NNc1ccc(C(=O)NCC2CCC2)cc1C(F)(F)F.